The molecule has 1 heterocycles. The number of carbonyl (C=O) groups is 1. The molecule has 1 aliphatic heterocycles. The van der Waals surface area contributed by atoms with E-state index in [1.54, 1.807) is 0 Å². The van der Waals surface area contributed by atoms with Crippen molar-refractivity contribution in [2.45, 2.75) is 45.6 Å². The second-order valence-corrected chi connectivity index (χ2v) is 5.53. The summed E-state index contributed by atoms with van der Waals surface area (Å²) in [5.41, 5.74) is 5.71. The van der Waals surface area contributed by atoms with E-state index in [2.05, 4.69) is 17.1 Å². The summed E-state index contributed by atoms with van der Waals surface area (Å²) in [6, 6.07) is -0.0843. The molecule has 0 bridgehead atoms. The molecule has 0 aromatic rings. The Hall–Kier alpha value is -0.680. The second kappa shape index (κ2) is 7.69. The largest absolute Gasteiger partial charge is 0.393 e. The highest BCUT2D eigenvalue weighted by molar-refractivity contribution is 7.80. The van der Waals surface area contributed by atoms with Crippen LogP contribution >= 0.6 is 12.2 Å². The molecule has 1 amide bonds. The number of nitrogens with one attached hydrogen (secondary N) is 1. The zero-order valence-corrected chi connectivity index (χ0v) is 12.3. The molecule has 0 aromatic carbocycles. The van der Waals surface area contributed by atoms with Crippen LogP contribution in [0.3, 0.4) is 0 Å². The number of hydrogen-bond donors (Lipinski definition) is 2. The number of rotatable bonds is 6. The van der Waals surface area contributed by atoms with Crippen LogP contribution in [0.15, 0.2) is 0 Å². The van der Waals surface area contributed by atoms with Gasteiger partial charge in [0.05, 0.1) is 11.0 Å². The Morgan fingerprint density at radius 2 is 2.33 bits per heavy atom. The third kappa shape index (κ3) is 4.53. The summed E-state index contributed by atoms with van der Waals surface area (Å²) in [5, 5.41) is 2.98. The topological polar surface area (TPSA) is 58.4 Å². The van der Waals surface area contributed by atoms with E-state index >= 15 is 0 Å². The van der Waals surface area contributed by atoms with Crippen molar-refractivity contribution in [3.8, 4) is 0 Å². The number of unbranched alkanes of at least 4 members (excludes halogenated alkanes) is 1. The SMILES string of the molecule is CCCCNC(=O)C(C)N1CCCC(C(N)=S)C1. The molecule has 18 heavy (non-hydrogen) atoms. The van der Waals surface area contributed by atoms with E-state index in [0.29, 0.717) is 4.99 Å². The molecule has 1 saturated heterocycles. The fourth-order valence-corrected chi connectivity index (χ4v) is 2.48. The highest BCUT2D eigenvalue weighted by Crippen LogP contribution is 2.18. The smallest absolute Gasteiger partial charge is 0.237 e. The van der Waals surface area contributed by atoms with E-state index in [1.165, 1.54) is 0 Å². The third-order valence-corrected chi connectivity index (χ3v) is 3.95. The molecule has 1 fully saturated rings. The van der Waals surface area contributed by atoms with Gasteiger partial charge in [-0.2, -0.15) is 0 Å². The van der Waals surface area contributed by atoms with Crippen molar-refractivity contribution in [3.05, 3.63) is 0 Å². The number of thiocarbonyl (C=S) groups is 1. The molecule has 0 radical (unpaired) electrons. The monoisotopic (exact) mass is 271 g/mol. The molecule has 0 spiro atoms. The quantitative estimate of drug-likeness (QED) is 0.564. The Bertz CT molecular complexity index is 296. The maximum atomic E-state index is 12.0. The summed E-state index contributed by atoms with van der Waals surface area (Å²) in [5.74, 6) is 0.381. The van der Waals surface area contributed by atoms with E-state index in [1.807, 2.05) is 6.92 Å². The van der Waals surface area contributed by atoms with Crippen molar-refractivity contribution >= 4 is 23.1 Å². The second-order valence-electron chi connectivity index (χ2n) is 5.06. The van der Waals surface area contributed by atoms with Gasteiger partial charge in [0, 0.05) is 19.0 Å². The lowest BCUT2D eigenvalue weighted by atomic mass is 9.97. The Labute approximate surface area is 115 Å². The van der Waals surface area contributed by atoms with E-state index in [0.717, 1.165) is 45.3 Å². The van der Waals surface area contributed by atoms with Crippen LogP contribution in [0.2, 0.25) is 0 Å². The minimum absolute atomic E-state index is 0.0843. The molecule has 0 saturated carbocycles. The first-order chi connectivity index (χ1) is 8.56. The molecule has 2 atom stereocenters. The fourth-order valence-electron chi connectivity index (χ4n) is 2.29. The molecular formula is C13H25N3OS. The summed E-state index contributed by atoms with van der Waals surface area (Å²) < 4.78 is 0. The van der Waals surface area contributed by atoms with Crippen LogP contribution in [0.4, 0.5) is 0 Å². The molecule has 1 aliphatic rings. The molecule has 4 nitrogen and oxygen atoms in total. The lowest BCUT2D eigenvalue weighted by molar-refractivity contribution is -0.126. The minimum atomic E-state index is -0.0843. The van der Waals surface area contributed by atoms with Gasteiger partial charge in [0.1, 0.15) is 0 Å². The van der Waals surface area contributed by atoms with Crippen molar-refractivity contribution in [2.75, 3.05) is 19.6 Å². The van der Waals surface area contributed by atoms with Crippen LogP contribution in [-0.4, -0.2) is 41.5 Å². The first kappa shape index (κ1) is 15.4. The number of likely N-dealkylation sites (tertiary alicyclic amines) is 1. The highest BCUT2D eigenvalue weighted by Gasteiger charge is 2.28. The van der Waals surface area contributed by atoms with Crippen molar-refractivity contribution in [1.82, 2.24) is 10.2 Å². The number of piperidine rings is 1. The molecule has 2 unspecified atom stereocenters. The van der Waals surface area contributed by atoms with Crippen molar-refractivity contribution in [2.24, 2.45) is 11.7 Å². The first-order valence-electron chi connectivity index (χ1n) is 6.87. The Morgan fingerprint density at radius 1 is 1.61 bits per heavy atom. The summed E-state index contributed by atoms with van der Waals surface area (Å²) in [4.78, 5) is 14.7. The van der Waals surface area contributed by atoms with Crippen molar-refractivity contribution in [3.63, 3.8) is 0 Å². The average Bonchev–Trinajstić information content (AvgIpc) is 2.38. The van der Waals surface area contributed by atoms with Gasteiger partial charge in [0.15, 0.2) is 0 Å². The van der Waals surface area contributed by atoms with E-state index < -0.39 is 0 Å². The zero-order chi connectivity index (χ0) is 13.5. The summed E-state index contributed by atoms with van der Waals surface area (Å²) >= 11 is 5.06. The van der Waals surface area contributed by atoms with Gasteiger partial charge in [-0.15, -0.1) is 0 Å². The molecule has 5 heteroatoms. The maximum Gasteiger partial charge on any atom is 0.237 e. The molecule has 0 aromatic heterocycles. The van der Waals surface area contributed by atoms with E-state index in [9.17, 15) is 4.79 Å². The van der Waals surface area contributed by atoms with Gasteiger partial charge in [-0.1, -0.05) is 25.6 Å². The number of hydrogen-bond acceptors (Lipinski definition) is 3. The summed E-state index contributed by atoms with van der Waals surface area (Å²) in [7, 11) is 0. The first-order valence-corrected chi connectivity index (χ1v) is 7.28. The highest BCUT2D eigenvalue weighted by atomic mass is 32.1. The molecule has 104 valence electrons. The minimum Gasteiger partial charge on any atom is -0.393 e. The van der Waals surface area contributed by atoms with Gasteiger partial charge in [-0.05, 0) is 32.7 Å². The molecular weight excluding hydrogens is 246 g/mol. The fraction of sp³-hybridized carbons (Fsp3) is 0.846. The molecule has 0 aliphatic carbocycles. The van der Waals surface area contributed by atoms with Crippen molar-refractivity contribution in [1.29, 1.82) is 0 Å². The Kier molecular flexibility index (Phi) is 6.57. The number of nitrogens with two attached hydrogens (primary N) is 1. The van der Waals surface area contributed by atoms with Gasteiger partial charge in [-0.3, -0.25) is 9.69 Å². The Morgan fingerprint density at radius 3 is 2.94 bits per heavy atom. The maximum absolute atomic E-state index is 12.0. The van der Waals surface area contributed by atoms with Crippen LogP contribution in [0.5, 0.6) is 0 Å². The predicted molar refractivity (Wildman–Crippen MR) is 78.5 cm³/mol. The number of carbonyl (C=O) groups excluding carboxylic acids is 1. The predicted octanol–water partition coefficient (Wildman–Crippen LogP) is 1.29. The van der Waals surface area contributed by atoms with E-state index in [4.69, 9.17) is 18.0 Å². The summed E-state index contributed by atoms with van der Waals surface area (Å²) in [6.45, 7) is 6.63. The molecule has 1 rings (SSSR count). The normalized spacial score (nSPS) is 22.4. The van der Waals surface area contributed by atoms with E-state index in [-0.39, 0.29) is 17.9 Å². The van der Waals surface area contributed by atoms with Crippen LogP contribution in [0.25, 0.3) is 0 Å². The average molecular weight is 271 g/mol. The molecule has 3 N–H and O–H groups in total. The standard InChI is InChI=1S/C13H25N3OS/c1-3-4-7-15-13(17)10(2)16-8-5-6-11(9-16)12(14)18/h10-11H,3-9H2,1-2H3,(H2,14,18)(H,15,17). The van der Waals surface area contributed by atoms with Crippen molar-refractivity contribution < 1.29 is 4.79 Å². The van der Waals surface area contributed by atoms with Gasteiger partial charge in [-0.25, -0.2) is 0 Å². The van der Waals surface area contributed by atoms with Gasteiger partial charge < -0.3 is 11.1 Å². The third-order valence-electron chi connectivity index (χ3n) is 3.61. The van der Waals surface area contributed by atoms with Crippen LogP contribution < -0.4 is 11.1 Å². The van der Waals surface area contributed by atoms with Gasteiger partial charge in [0.2, 0.25) is 5.91 Å². The lowest BCUT2D eigenvalue weighted by Crippen LogP contribution is -2.50. The van der Waals surface area contributed by atoms with Crippen LogP contribution in [-0.2, 0) is 4.79 Å². The Balaban J connectivity index is 2.42. The van der Waals surface area contributed by atoms with Crippen LogP contribution in [0, 0.1) is 5.92 Å². The van der Waals surface area contributed by atoms with Gasteiger partial charge in [0.25, 0.3) is 0 Å². The van der Waals surface area contributed by atoms with Crippen LogP contribution in [0.1, 0.15) is 39.5 Å². The lowest BCUT2D eigenvalue weighted by Gasteiger charge is -2.35. The zero-order valence-electron chi connectivity index (χ0n) is 11.4. The van der Waals surface area contributed by atoms with Gasteiger partial charge >= 0.3 is 0 Å². The number of amides is 1. The summed E-state index contributed by atoms with van der Waals surface area (Å²) in [6.07, 6.45) is 4.25. The number of nitrogens with zero attached hydrogens (tertiary/aromatic N) is 1.